The normalized spacial score (nSPS) is 15.3. The zero-order valence-electron chi connectivity index (χ0n) is 11.1. The number of H-pyrrole nitrogens is 1. The summed E-state index contributed by atoms with van der Waals surface area (Å²) >= 11 is 0. The third-order valence-electron chi connectivity index (χ3n) is 3.50. The van der Waals surface area contributed by atoms with Crippen LogP contribution >= 0.6 is 0 Å². The lowest BCUT2D eigenvalue weighted by atomic mass is 10.2. The minimum absolute atomic E-state index is 0.481. The number of allylic oxidation sites excluding steroid dienone is 2. The van der Waals surface area contributed by atoms with Gasteiger partial charge in [-0.25, -0.2) is 14.6 Å². The molecule has 3 aromatic rings. The van der Waals surface area contributed by atoms with Gasteiger partial charge < -0.3 is 4.98 Å². The Bertz CT molecular complexity index is 876. The van der Waals surface area contributed by atoms with Crippen LogP contribution in [0.5, 0.6) is 0 Å². The molecule has 1 N–H and O–H groups in total. The van der Waals surface area contributed by atoms with Crippen molar-refractivity contribution in [2.45, 2.75) is 12.8 Å². The van der Waals surface area contributed by atoms with Crippen molar-refractivity contribution in [3.63, 3.8) is 0 Å². The molecule has 0 saturated heterocycles. The highest BCUT2D eigenvalue weighted by atomic mass is 15.4. The Kier molecular flexibility index (Phi) is 2.54. The molecule has 0 unspecified atom stereocenters. The van der Waals surface area contributed by atoms with Crippen molar-refractivity contribution in [1.82, 2.24) is 29.9 Å². The summed E-state index contributed by atoms with van der Waals surface area (Å²) in [7, 11) is 0. The number of aromatic amines is 1. The molecule has 4 rings (SSSR count). The van der Waals surface area contributed by atoms with E-state index >= 15 is 0 Å². The van der Waals surface area contributed by atoms with Gasteiger partial charge in [-0.05, 0) is 30.9 Å². The Labute approximate surface area is 120 Å². The monoisotopic (exact) mass is 277 g/mol. The second-order valence-electron chi connectivity index (χ2n) is 4.99. The zero-order valence-corrected chi connectivity index (χ0v) is 11.1. The van der Waals surface area contributed by atoms with Gasteiger partial charge in [0.05, 0.1) is 6.20 Å². The van der Waals surface area contributed by atoms with Gasteiger partial charge in [-0.3, -0.25) is 0 Å². The zero-order chi connectivity index (χ0) is 14.2. The van der Waals surface area contributed by atoms with Gasteiger partial charge in [0.25, 0.3) is 0 Å². The first-order chi connectivity index (χ1) is 10.4. The number of hydrogen-bond acceptors (Lipinski definition) is 5. The van der Waals surface area contributed by atoms with Crippen molar-refractivity contribution in [1.29, 1.82) is 5.26 Å². The van der Waals surface area contributed by atoms with Crippen LogP contribution in [0.4, 0.5) is 0 Å². The van der Waals surface area contributed by atoms with E-state index in [1.165, 1.54) is 6.33 Å². The largest absolute Gasteiger partial charge is 0.346 e. The Morgan fingerprint density at radius 1 is 1.43 bits per heavy atom. The van der Waals surface area contributed by atoms with E-state index in [1.807, 2.05) is 18.3 Å². The van der Waals surface area contributed by atoms with E-state index in [1.54, 1.807) is 10.9 Å². The van der Waals surface area contributed by atoms with E-state index in [9.17, 15) is 5.26 Å². The summed E-state index contributed by atoms with van der Waals surface area (Å²) in [6, 6.07) is 4.10. The maximum Gasteiger partial charge on any atom is 0.141 e. The lowest BCUT2D eigenvalue weighted by molar-refractivity contribution is 0.823. The molecule has 0 aromatic carbocycles. The molecule has 0 spiro atoms. The van der Waals surface area contributed by atoms with Crippen molar-refractivity contribution in [2.75, 3.05) is 0 Å². The summed E-state index contributed by atoms with van der Waals surface area (Å²) in [5.41, 5.74) is 2.64. The van der Waals surface area contributed by atoms with E-state index < -0.39 is 0 Å². The SMILES string of the molecule is N#C/C(=C\C1CC1)n1nncc1-c1ncnc2[nH]ccc12. The molecule has 0 aliphatic heterocycles. The molecule has 3 aromatic heterocycles. The number of hydrogen-bond donors (Lipinski definition) is 1. The first-order valence-electron chi connectivity index (χ1n) is 6.68. The average molecular weight is 277 g/mol. The van der Waals surface area contributed by atoms with Gasteiger partial charge in [0.1, 0.15) is 35.1 Å². The minimum atomic E-state index is 0.481. The number of nitrogens with one attached hydrogen (secondary N) is 1. The first kappa shape index (κ1) is 11.8. The van der Waals surface area contributed by atoms with E-state index in [2.05, 4.69) is 31.3 Å². The third-order valence-corrected chi connectivity index (χ3v) is 3.50. The van der Waals surface area contributed by atoms with Crippen molar-refractivity contribution < 1.29 is 0 Å². The van der Waals surface area contributed by atoms with Gasteiger partial charge >= 0.3 is 0 Å². The second-order valence-corrected chi connectivity index (χ2v) is 4.99. The number of rotatable bonds is 3. The smallest absolute Gasteiger partial charge is 0.141 e. The van der Waals surface area contributed by atoms with Gasteiger partial charge in [0, 0.05) is 11.6 Å². The van der Waals surface area contributed by atoms with E-state index in [0.29, 0.717) is 23.0 Å². The van der Waals surface area contributed by atoms with Gasteiger partial charge in [-0.1, -0.05) is 5.21 Å². The molecule has 0 amide bonds. The van der Waals surface area contributed by atoms with Crippen molar-refractivity contribution in [3.8, 4) is 17.5 Å². The number of nitrogens with zero attached hydrogens (tertiary/aromatic N) is 6. The molecule has 21 heavy (non-hydrogen) atoms. The van der Waals surface area contributed by atoms with Crippen LogP contribution in [0.3, 0.4) is 0 Å². The number of nitriles is 1. The van der Waals surface area contributed by atoms with E-state index in [0.717, 1.165) is 23.9 Å². The van der Waals surface area contributed by atoms with Gasteiger partial charge in [-0.2, -0.15) is 5.26 Å². The molecule has 3 heterocycles. The Balaban J connectivity index is 1.89. The van der Waals surface area contributed by atoms with Gasteiger partial charge in [0.2, 0.25) is 0 Å². The van der Waals surface area contributed by atoms with Crippen LogP contribution in [0.1, 0.15) is 12.8 Å². The molecule has 0 atom stereocenters. The van der Waals surface area contributed by atoms with Crippen LogP contribution in [0.2, 0.25) is 0 Å². The molecule has 1 aliphatic carbocycles. The van der Waals surface area contributed by atoms with Crippen LogP contribution < -0.4 is 0 Å². The predicted octanol–water partition coefficient (Wildman–Crippen LogP) is 1.99. The summed E-state index contributed by atoms with van der Waals surface area (Å²) in [5.74, 6) is 0.481. The molecule has 7 heteroatoms. The van der Waals surface area contributed by atoms with Crippen molar-refractivity contribution in [2.24, 2.45) is 5.92 Å². The standard InChI is InChI=1S/C14H11N7/c15-6-10(5-9-1-2-9)21-12(7-19-20-21)13-11-3-4-16-14(11)18-8-17-13/h3-5,7-9H,1-2H2,(H,16,17,18)/b10-5+. The van der Waals surface area contributed by atoms with Crippen molar-refractivity contribution >= 4 is 16.7 Å². The molecule has 7 nitrogen and oxygen atoms in total. The molecular formula is C14H11N7. The molecule has 1 fully saturated rings. The molecule has 0 radical (unpaired) electrons. The summed E-state index contributed by atoms with van der Waals surface area (Å²) in [4.78, 5) is 11.5. The van der Waals surface area contributed by atoms with E-state index in [4.69, 9.17) is 0 Å². The fourth-order valence-corrected chi connectivity index (χ4v) is 2.29. The molecule has 1 saturated carbocycles. The highest BCUT2D eigenvalue weighted by molar-refractivity contribution is 5.90. The lowest BCUT2D eigenvalue weighted by Crippen LogP contribution is -2.02. The molecule has 1 aliphatic rings. The predicted molar refractivity (Wildman–Crippen MR) is 75.5 cm³/mol. The Hall–Kier alpha value is -3.01. The third kappa shape index (κ3) is 1.97. The molecular weight excluding hydrogens is 266 g/mol. The summed E-state index contributed by atoms with van der Waals surface area (Å²) in [6.45, 7) is 0. The topological polar surface area (TPSA) is 96.1 Å². The molecule has 102 valence electrons. The summed E-state index contributed by atoms with van der Waals surface area (Å²) in [5, 5.41) is 18.2. The average Bonchev–Trinajstić information content (AvgIpc) is 3.02. The van der Waals surface area contributed by atoms with Gasteiger partial charge in [-0.15, -0.1) is 5.10 Å². The van der Waals surface area contributed by atoms with Crippen LogP contribution in [0, 0.1) is 17.2 Å². The van der Waals surface area contributed by atoms with Crippen LogP contribution in [0.25, 0.3) is 28.1 Å². The Morgan fingerprint density at radius 3 is 3.14 bits per heavy atom. The van der Waals surface area contributed by atoms with Crippen molar-refractivity contribution in [3.05, 3.63) is 30.9 Å². The maximum absolute atomic E-state index is 9.37. The molecule has 0 bridgehead atoms. The minimum Gasteiger partial charge on any atom is -0.346 e. The van der Waals surface area contributed by atoms with Crippen LogP contribution in [-0.4, -0.2) is 29.9 Å². The fraction of sp³-hybridized carbons (Fsp3) is 0.214. The quantitative estimate of drug-likeness (QED) is 0.738. The number of fused-ring (bicyclic) bond motifs is 1. The number of aromatic nitrogens is 6. The van der Waals surface area contributed by atoms with Crippen LogP contribution in [0.15, 0.2) is 30.9 Å². The van der Waals surface area contributed by atoms with Gasteiger partial charge in [0.15, 0.2) is 0 Å². The van der Waals surface area contributed by atoms with Crippen LogP contribution in [-0.2, 0) is 0 Å². The highest BCUT2D eigenvalue weighted by Crippen LogP contribution is 2.33. The highest BCUT2D eigenvalue weighted by Gasteiger charge is 2.22. The summed E-state index contributed by atoms with van der Waals surface area (Å²) in [6.07, 6.45) is 9.13. The Morgan fingerprint density at radius 2 is 2.33 bits per heavy atom. The lowest BCUT2D eigenvalue weighted by Gasteiger charge is -2.04. The maximum atomic E-state index is 9.37. The first-order valence-corrected chi connectivity index (χ1v) is 6.68. The fourth-order valence-electron chi connectivity index (χ4n) is 2.29. The second kappa shape index (κ2) is 4.52. The summed E-state index contributed by atoms with van der Waals surface area (Å²) < 4.78 is 1.55. The van der Waals surface area contributed by atoms with E-state index in [-0.39, 0.29) is 0 Å².